The highest BCUT2D eigenvalue weighted by atomic mass is 19.1. The van der Waals surface area contributed by atoms with Gasteiger partial charge in [-0.15, -0.1) is 0 Å². The number of aromatic hydroxyl groups is 1. The van der Waals surface area contributed by atoms with Crippen LogP contribution in [0.3, 0.4) is 0 Å². The number of phenols is 1. The highest BCUT2D eigenvalue weighted by Gasteiger charge is 2.14. The molecule has 152 valence electrons. The van der Waals surface area contributed by atoms with Gasteiger partial charge in [0.25, 0.3) is 0 Å². The first-order chi connectivity index (χ1) is 13.4. The van der Waals surface area contributed by atoms with E-state index < -0.39 is 0 Å². The number of hydrogen-bond donors (Lipinski definition) is 3. The number of halogens is 1. The Balaban J connectivity index is 1.79. The van der Waals surface area contributed by atoms with Gasteiger partial charge in [0.05, 0.1) is 7.11 Å². The molecule has 0 spiro atoms. The Kier molecular flexibility index (Phi) is 8.07. The van der Waals surface area contributed by atoms with Crippen molar-refractivity contribution in [3.63, 3.8) is 0 Å². The van der Waals surface area contributed by atoms with E-state index in [1.807, 2.05) is 26.2 Å². The van der Waals surface area contributed by atoms with Crippen LogP contribution in [0.2, 0.25) is 0 Å². The van der Waals surface area contributed by atoms with Crippen LogP contribution in [-0.4, -0.2) is 56.4 Å². The fourth-order valence-electron chi connectivity index (χ4n) is 2.85. The van der Waals surface area contributed by atoms with Crippen molar-refractivity contribution in [1.82, 2.24) is 15.5 Å². The number of hydrogen-bond acceptors (Lipinski definition) is 4. The van der Waals surface area contributed by atoms with Crippen LogP contribution in [0.25, 0.3) is 0 Å². The van der Waals surface area contributed by atoms with E-state index in [1.165, 1.54) is 19.2 Å². The van der Waals surface area contributed by atoms with Gasteiger partial charge < -0.3 is 25.4 Å². The van der Waals surface area contributed by atoms with Crippen LogP contribution in [-0.2, 0) is 12.8 Å². The lowest BCUT2D eigenvalue weighted by molar-refractivity contribution is 0.232. The lowest BCUT2D eigenvalue weighted by Crippen LogP contribution is -2.45. The minimum absolute atomic E-state index is 0.118. The summed E-state index contributed by atoms with van der Waals surface area (Å²) in [7, 11) is 5.42. The van der Waals surface area contributed by atoms with E-state index in [1.54, 1.807) is 18.2 Å². The Morgan fingerprint density at radius 3 is 2.54 bits per heavy atom. The largest absolute Gasteiger partial charge is 0.508 e. The van der Waals surface area contributed by atoms with Gasteiger partial charge in [-0.2, -0.15) is 0 Å². The van der Waals surface area contributed by atoms with Crippen molar-refractivity contribution in [2.75, 3.05) is 34.3 Å². The second kappa shape index (κ2) is 10.5. The summed E-state index contributed by atoms with van der Waals surface area (Å²) in [6.45, 7) is 0.901. The van der Waals surface area contributed by atoms with Crippen molar-refractivity contribution in [1.29, 1.82) is 0 Å². The highest BCUT2D eigenvalue weighted by molar-refractivity contribution is 5.73. The quantitative estimate of drug-likeness (QED) is 0.616. The molecule has 0 heterocycles. The number of nitrogens with zero attached hydrogens (tertiary/aromatic N) is 1. The smallest absolute Gasteiger partial charge is 0.314 e. The molecule has 1 atom stereocenters. The predicted molar refractivity (Wildman–Crippen MR) is 107 cm³/mol. The molecule has 6 nitrogen and oxygen atoms in total. The van der Waals surface area contributed by atoms with Gasteiger partial charge in [0.15, 0.2) is 0 Å². The summed E-state index contributed by atoms with van der Waals surface area (Å²) in [4.78, 5) is 14.2. The van der Waals surface area contributed by atoms with Crippen LogP contribution in [0.1, 0.15) is 11.1 Å². The second-order valence-electron chi connectivity index (χ2n) is 6.83. The van der Waals surface area contributed by atoms with Crippen molar-refractivity contribution < 1.29 is 19.0 Å². The molecule has 3 N–H and O–H groups in total. The number of carbonyl (C=O) groups is 1. The number of nitrogens with one attached hydrogen (secondary N) is 2. The number of ether oxygens (including phenoxy) is 1. The molecule has 0 bridgehead atoms. The fourth-order valence-corrected chi connectivity index (χ4v) is 2.85. The highest BCUT2D eigenvalue weighted by Crippen LogP contribution is 2.19. The lowest BCUT2D eigenvalue weighted by atomic mass is 10.1. The Labute approximate surface area is 165 Å². The minimum atomic E-state index is -0.352. The zero-order valence-electron chi connectivity index (χ0n) is 16.5. The Bertz CT molecular complexity index is 766. The number of urea groups is 1. The van der Waals surface area contributed by atoms with Gasteiger partial charge in [-0.1, -0.05) is 18.2 Å². The van der Waals surface area contributed by atoms with Crippen LogP contribution in [0.4, 0.5) is 9.18 Å². The summed E-state index contributed by atoms with van der Waals surface area (Å²) in [5, 5.41) is 15.1. The fraction of sp³-hybridized carbons (Fsp3) is 0.381. The maximum atomic E-state index is 13.2. The van der Waals surface area contributed by atoms with Gasteiger partial charge in [0, 0.05) is 25.2 Å². The van der Waals surface area contributed by atoms with Crippen molar-refractivity contribution in [2.24, 2.45) is 0 Å². The molecule has 0 saturated carbocycles. The standard InChI is InChI=1S/C21H28FN3O3/c1-25(2)18(12-15-4-8-19(26)9-5-15)14-24-21(27)23-11-10-16-6-7-17(22)13-20(16)28-3/h4-9,13,18,26H,10-12,14H2,1-3H3,(H2,23,24,27). The van der Waals surface area contributed by atoms with E-state index in [0.717, 1.165) is 17.5 Å². The van der Waals surface area contributed by atoms with Gasteiger partial charge in [0.1, 0.15) is 17.3 Å². The third-order valence-electron chi connectivity index (χ3n) is 4.57. The maximum Gasteiger partial charge on any atom is 0.314 e. The number of likely N-dealkylation sites (N-methyl/N-ethyl adjacent to an activating group) is 1. The van der Waals surface area contributed by atoms with Gasteiger partial charge in [-0.05, 0) is 56.3 Å². The van der Waals surface area contributed by atoms with Gasteiger partial charge in [0.2, 0.25) is 0 Å². The molecule has 0 fully saturated rings. The minimum Gasteiger partial charge on any atom is -0.508 e. The third-order valence-corrected chi connectivity index (χ3v) is 4.57. The topological polar surface area (TPSA) is 73.8 Å². The van der Waals surface area contributed by atoms with E-state index in [9.17, 15) is 14.3 Å². The van der Waals surface area contributed by atoms with Crippen LogP contribution in [0.5, 0.6) is 11.5 Å². The molecule has 2 aromatic carbocycles. The van der Waals surface area contributed by atoms with Crippen LogP contribution in [0.15, 0.2) is 42.5 Å². The van der Waals surface area contributed by atoms with Gasteiger partial charge >= 0.3 is 6.03 Å². The first-order valence-corrected chi connectivity index (χ1v) is 9.17. The number of methoxy groups -OCH3 is 1. The van der Waals surface area contributed by atoms with Crippen molar-refractivity contribution in [2.45, 2.75) is 18.9 Å². The monoisotopic (exact) mass is 389 g/mol. The molecule has 0 aliphatic heterocycles. The molecule has 0 saturated heterocycles. The van der Waals surface area contributed by atoms with Crippen LogP contribution >= 0.6 is 0 Å². The molecule has 2 amide bonds. The zero-order chi connectivity index (χ0) is 20.5. The molecular formula is C21H28FN3O3. The second-order valence-corrected chi connectivity index (χ2v) is 6.83. The van der Waals surface area contributed by atoms with Crippen molar-refractivity contribution in [3.05, 3.63) is 59.4 Å². The average Bonchev–Trinajstić information content (AvgIpc) is 2.67. The average molecular weight is 389 g/mol. The first-order valence-electron chi connectivity index (χ1n) is 9.17. The summed E-state index contributed by atoms with van der Waals surface area (Å²) in [6, 6.07) is 11.3. The molecule has 0 aliphatic rings. The molecule has 7 heteroatoms. The SMILES string of the molecule is COc1cc(F)ccc1CCNC(=O)NCC(Cc1ccc(O)cc1)N(C)C. The third kappa shape index (κ3) is 6.74. The lowest BCUT2D eigenvalue weighted by Gasteiger charge is -2.25. The van der Waals surface area contributed by atoms with Crippen molar-refractivity contribution in [3.8, 4) is 11.5 Å². The molecular weight excluding hydrogens is 361 g/mol. The zero-order valence-corrected chi connectivity index (χ0v) is 16.5. The van der Waals surface area contributed by atoms with Crippen molar-refractivity contribution >= 4 is 6.03 Å². The molecule has 2 aromatic rings. The number of rotatable bonds is 9. The van der Waals surface area contributed by atoms with E-state index >= 15 is 0 Å². The number of amides is 2. The number of carbonyl (C=O) groups excluding carboxylic acids is 1. The van der Waals surface area contributed by atoms with E-state index in [-0.39, 0.29) is 23.6 Å². The van der Waals surface area contributed by atoms with Crippen LogP contribution in [0, 0.1) is 5.82 Å². The molecule has 28 heavy (non-hydrogen) atoms. The summed E-state index contributed by atoms with van der Waals surface area (Å²) < 4.78 is 18.4. The summed E-state index contributed by atoms with van der Waals surface area (Å²) in [6.07, 6.45) is 1.29. The summed E-state index contributed by atoms with van der Waals surface area (Å²) in [5.41, 5.74) is 1.92. The van der Waals surface area contributed by atoms with E-state index in [0.29, 0.717) is 25.3 Å². The number of benzene rings is 2. The Morgan fingerprint density at radius 1 is 1.18 bits per heavy atom. The molecule has 2 rings (SSSR count). The molecule has 0 radical (unpaired) electrons. The predicted octanol–water partition coefficient (Wildman–Crippen LogP) is 2.55. The maximum absolute atomic E-state index is 13.2. The van der Waals surface area contributed by atoms with Gasteiger partial charge in [-0.25, -0.2) is 9.18 Å². The van der Waals surface area contributed by atoms with Crippen LogP contribution < -0.4 is 15.4 Å². The first kappa shape index (κ1) is 21.5. The van der Waals surface area contributed by atoms with Gasteiger partial charge in [-0.3, -0.25) is 0 Å². The number of phenolic OH excluding ortho intramolecular Hbond substituents is 1. The molecule has 0 aliphatic carbocycles. The van der Waals surface area contributed by atoms with E-state index in [4.69, 9.17) is 4.74 Å². The summed E-state index contributed by atoms with van der Waals surface area (Å²) >= 11 is 0. The molecule has 0 aromatic heterocycles. The summed E-state index contributed by atoms with van der Waals surface area (Å²) in [5.74, 6) is 0.360. The molecule has 1 unspecified atom stereocenters. The Hall–Kier alpha value is -2.80. The normalized spacial score (nSPS) is 11.9. The van der Waals surface area contributed by atoms with E-state index in [2.05, 4.69) is 15.5 Å². The Morgan fingerprint density at radius 2 is 1.89 bits per heavy atom.